The predicted molar refractivity (Wildman–Crippen MR) is 158 cm³/mol. The van der Waals surface area contributed by atoms with Crippen molar-refractivity contribution < 1.29 is 24.2 Å². The van der Waals surface area contributed by atoms with Crippen LogP contribution in [-0.2, 0) is 14.3 Å². The molecule has 0 aromatic heterocycles. The zero-order valence-corrected chi connectivity index (χ0v) is 24.4. The van der Waals surface area contributed by atoms with E-state index in [0.29, 0.717) is 17.7 Å². The van der Waals surface area contributed by atoms with E-state index < -0.39 is 48.2 Å². The Kier molecular flexibility index (Phi) is 9.93. The third-order valence-corrected chi connectivity index (χ3v) is 6.85. The van der Waals surface area contributed by atoms with Crippen molar-refractivity contribution in [2.45, 2.75) is 78.6 Å². The van der Waals surface area contributed by atoms with Crippen LogP contribution in [0.2, 0.25) is 0 Å². The monoisotopic (exact) mass is 547 g/mol. The molecule has 214 valence electrons. The average Bonchev–Trinajstić information content (AvgIpc) is 2.89. The van der Waals surface area contributed by atoms with Crippen molar-refractivity contribution in [1.29, 1.82) is 0 Å². The van der Waals surface area contributed by atoms with Gasteiger partial charge in [-0.2, -0.15) is 0 Å². The van der Waals surface area contributed by atoms with E-state index in [1.54, 1.807) is 20.8 Å². The van der Waals surface area contributed by atoms with Crippen molar-refractivity contribution in [3.8, 4) is 0 Å². The Balaban J connectivity index is 2.07. The molecule has 40 heavy (non-hydrogen) atoms. The number of benzene rings is 3. The molecule has 0 bridgehead atoms. The summed E-state index contributed by atoms with van der Waals surface area (Å²) in [6.45, 7) is 12.1. The number of aryl methyl sites for hydroxylation is 2. The molecule has 0 fully saturated rings. The number of amides is 3. The second-order valence-electron chi connectivity index (χ2n) is 11.1. The molecule has 0 aliphatic heterocycles. The van der Waals surface area contributed by atoms with Crippen LogP contribution < -0.4 is 10.6 Å². The Labute approximate surface area is 236 Å². The Morgan fingerprint density at radius 3 is 2.15 bits per heavy atom. The number of alkyl carbamates (subject to hydrolysis) is 1. The van der Waals surface area contributed by atoms with Crippen LogP contribution in [0.15, 0.2) is 60.7 Å². The van der Waals surface area contributed by atoms with E-state index >= 15 is 0 Å². The van der Waals surface area contributed by atoms with E-state index in [-0.39, 0.29) is 0 Å². The van der Waals surface area contributed by atoms with Crippen molar-refractivity contribution in [3.63, 3.8) is 0 Å². The Hall–Kier alpha value is -3.91. The molecule has 3 aromatic rings. The number of hydrogen-bond donors (Lipinski definition) is 3. The molecule has 0 aliphatic carbocycles. The molecular formula is C32H41N3O5. The highest BCUT2D eigenvalue weighted by atomic mass is 16.6. The molecule has 0 saturated carbocycles. The summed E-state index contributed by atoms with van der Waals surface area (Å²) in [5, 5.41) is 17.7. The fraction of sp³-hybridized carbons (Fsp3) is 0.406. The number of rotatable bonds is 9. The minimum absolute atomic E-state index is 0.393. The number of aliphatic hydroxyl groups is 1. The quantitative estimate of drug-likeness (QED) is 0.321. The molecule has 0 radical (unpaired) electrons. The number of anilines is 1. The van der Waals surface area contributed by atoms with Crippen LogP contribution >= 0.6 is 0 Å². The van der Waals surface area contributed by atoms with Crippen LogP contribution in [0.1, 0.15) is 63.8 Å². The lowest BCUT2D eigenvalue weighted by molar-refractivity contribution is -0.144. The molecule has 0 spiro atoms. The fourth-order valence-electron chi connectivity index (χ4n) is 4.74. The van der Waals surface area contributed by atoms with E-state index in [4.69, 9.17) is 4.74 Å². The van der Waals surface area contributed by atoms with E-state index in [9.17, 15) is 19.5 Å². The summed E-state index contributed by atoms with van der Waals surface area (Å²) >= 11 is 0. The van der Waals surface area contributed by atoms with Gasteiger partial charge in [-0.05, 0) is 87.6 Å². The largest absolute Gasteiger partial charge is 0.444 e. The predicted octanol–water partition coefficient (Wildman–Crippen LogP) is 5.65. The first-order valence-electron chi connectivity index (χ1n) is 13.6. The van der Waals surface area contributed by atoms with Gasteiger partial charge in [-0.25, -0.2) is 4.79 Å². The van der Waals surface area contributed by atoms with Gasteiger partial charge in [-0.15, -0.1) is 0 Å². The molecular weight excluding hydrogens is 506 g/mol. The molecule has 8 heteroatoms. The lowest BCUT2D eigenvalue weighted by Gasteiger charge is -2.39. The molecule has 0 saturated heterocycles. The van der Waals surface area contributed by atoms with Crippen LogP contribution in [0, 0.1) is 13.8 Å². The van der Waals surface area contributed by atoms with E-state index in [1.165, 1.54) is 4.90 Å². The van der Waals surface area contributed by atoms with Crippen LogP contribution in [-0.4, -0.2) is 52.2 Å². The zero-order chi connectivity index (χ0) is 29.6. The number of aliphatic hydroxyl groups excluding tert-OH is 1. The lowest BCUT2D eigenvalue weighted by Crippen LogP contribution is -2.56. The smallest absolute Gasteiger partial charge is 0.408 e. The van der Waals surface area contributed by atoms with Crippen molar-refractivity contribution in [1.82, 2.24) is 10.2 Å². The standard InChI is InChI=1S/C32H41N3O5/c1-8-22(4)35(30(38)26(19-36)34-31(39)40-32(5,6)7)28(27-20(2)12-11-13-21(27)3)29(37)33-25-17-16-23-14-9-10-15-24(23)18-25/h9-18,22,26,28,36H,8,19H2,1-7H3,(H,33,37)(H,34,39). The third kappa shape index (κ3) is 7.39. The van der Waals surface area contributed by atoms with Crippen molar-refractivity contribution in [3.05, 3.63) is 77.4 Å². The third-order valence-electron chi connectivity index (χ3n) is 6.85. The van der Waals surface area contributed by atoms with E-state index in [1.807, 2.05) is 88.4 Å². The molecule has 0 heterocycles. The van der Waals surface area contributed by atoms with Gasteiger partial charge in [-0.3, -0.25) is 9.59 Å². The van der Waals surface area contributed by atoms with Crippen molar-refractivity contribution in [2.75, 3.05) is 11.9 Å². The van der Waals surface area contributed by atoms with Gasteiger partial charge in [0.1, 0.15) is 17.7 Å². The van der Waals surface area contributed by atoms with Crippen molar-refractivity contribution in [2.24, 2.45) is 0 Å². The summed E-state index contributed by atoms with van der Waals surface area (Å²) in [5.74, 6) is -0.973. The number of fused-ring (bicyclic) bond motifs is 1. The van der Waals surface area contributed by atoms with E-state index in [0.717, 1.165) is 21.9 Å². The van der Waals surface area contributed by atoms with E-state index in [2.05, 4.69) is 10.6 Å². The molecule has 3 amide bonds. The number of nitrogens with one attached hydrogen (secondary N) is 2. The molecule has 3 rings (SSSR count). The Bertz CT molecular complexity index is 1340. The van der Waals surface area contributed by atoms with Crippen LogP contribution in [0.4, 0.5) is 10.5 Å². The maximum Gasteiger partial charge on any atom is 0.408 e. The highest BCUT2D eigenvalue weighted by Gasteiger charge is 2.39. The van der Waals surface area contributed by atoms with Gasteiger partial charge in [0.25, 0.3) is 5.91 Å². The lowest BCUT2D eigenvalue weighted by atomic mass is 9.92. The molecule has 3 atom stereocenters. The summed E-state index contributed by atoms with van der Waals surface area (Å²) < 4.78 is 5.32. The number of nitrogens with zero attached hydrogens (tertiary/aromatic N) is 1. The second-order valence-corrected chi connectivity index (χ2v) is 11.1. The molecule has 3 unspecified atom stereocenters. The summed E-state index contributed by atoms with van der Waals surface area (Å²) in [5.41, 5.74) is 2.20. The van der Waals surface area contributed by atoms with Gasteiger partial charge >= 0.3 is 6.09 Å². The first kappa shape index (κ1) is 30.6. The summed E-state index contributed by atoms with van der Waals surface area (Å²) in [4.78, 5) is 42.2. The highest BCUT2D eigenvalue weighted by molar-refractivity contribution is 6.01. The van der Waals surface area contributed by atoms with Gasteiger partial charge in [0, 0.05) is 11.7 Å². The first-order chi connectivity index (χ1) is 18.9. The number of carbonyl (C=O) groups excluding carboxylic acids is 3. The first-order valence-corrected chi connectivity index (χ1v) is 13.6. The minimum Gasteiger partial charge on any atom is -0.444 e. The molecule has 8 nitrogen and oxygen atoms in total. The minimum atomic E-state index is -1.30. The van der Waals surface area contributed by atoms with Gasteiger partial charge in [0.05, 0.1) is 6.61 Å². The fourth-order valence-corrected chi connectivity index (χ4v) is 4.74. The maximum atomic E-state index is 14.2. The summed E-state index contributed by atoms with van der Waals surface area (Å²) in [6, 6.07) is 16.5. The number of hydrogen-bond acceptors (Lipinski definition) is 5. The SMILES string of the molecule is CCC(C)N(C(=O)C(CO)NC(=O)OC(C)(C)C)C(C(=O)Nc1ccc2ccccc2c1)c1c(C)cccc1C. The van der Waals surface area contributed by atoms with Crippen LogP contribution in [0.5, 0.6) is 0 Å². The molecule has 3 aromatic carbocycles. The zero-order valence-electron chi connectivity index (χ0n) is 24.4. The normalized spacial score (nSPS) is 13.7. The van der Waals surface area contributed by atoms with Gasteiger partial charge in [0.2, 0.25) is 5.91 Å². The Morgan fingerprint density at radius 2 is 1.57 bits per heavy atom. The highest BCUT2D eigenvalue weighted by Crippen LogP contribution is 2.32. The molecule has 3 N–H and O–H groups in total. The van der Waals surface area contributed by atoms with Crippen molar-refractivity contribution >= 4 is 34.4 Å². The van der Waals surface area contributed by atoms with Crippen LogP contribution in [0.3, 0.4) is 0 Å². The van der Waals surface area contributed by atoms with Gasteiger partial charge in [-0.1, -0.05) is 55.5 Å². The average molecular weight is 548 g/mol. The number of ether oxygens (including phenoxy) is 1. The van der Waals surface area contributed by atoms with Crippen LogP contribution in [0.25, 0.3) is 10.8 Å². The summed E-state index contributed by atoms with van der Waals surface area (Å²) in [7, 11) is 0. The van der Waals surface area contributed by atoms with Gasteiger partial charge in [0.15, 0.2) is 0 Å². The summed E-state index contributed by atoms with van der Waals surface area (Å²) in [6.07, 6.45) is -0.283. The Morgan fingerprint density at radius 1 is 0.950 bits per heavy atom. The second kappa shape index (κ2) is 13.0. The molecule has 0 aliphatic rings. The topological polar surface area (TPSA) is 108 Å². The maximum absolute atomic E-state index is 14.2. The number of carbonyl (C=O) groups is 3. The van der Waals surface area contributed by atoms with Gasteiger partial charge < -0.3 is 25.4 Å².